The zero-order chi connectivity index (χ0) is 12.8. The average Bonchev–Trinajstić information content (AvgIpc) is 2.42. The van der Waals surface area contributed by atoms with E-state index in [2.05, 4.69) is 58.5 Å². The van der Waals surface area contributed by atoms with Crippen LogP contribution in [0.2, 0.25) is 0 Å². The Labute approximate surface area is 118 Å². The van der Waals surface area contributed by atoms with Crippen LogP contribution in [-0.2, 0) is 4.74 Å². The summed E-state index contributed by atoms with van der Waals surface area (Å²) in [6, 6.07) is 8.66. The van der Waals surface area contributed by atoms with Gasteiger partial charge in [0, 0.05) is 4.47 Å². The van der Waals surface area contributed by atoms with Gasteiger partial charge in [-0.25, -0.2) is 0 Å². The highest BCUT2D eigenvalue weighted by molar-refractivity contribution is 9.10. The van der Waals surface area contributed by atoms with Crippen LogP contribution in [0.3, 0.4) is 0 Å². The maximum absolute atomic E-state index is 5.81. The lowest BCUT2D eigenvalue weighted by Crippen LogP contribution is -2.26. The molecule has 1 unspecified atom stereocenters. The number of hydrogen-bond donors (Lipinski definition) is 1. The maximum atomic E-state index is 5.81. The number of ether oxygens (including phenoxy) is 1. The highest BCUT2D eigenvalue weighted by Crippen LogP contribution is 2.27. The molecule has 1 aliphatic heterocycles. The molecule has 1 heterocycles. The third kappa shape index (κ3) is 3.59. The van der Waals surface area contributed by atoms with Crippen molar-refractivity contribution in [1.82, 2.24) is 5.32 Å². The van der Waals surface area contributed by atoms with Crippen molar-refractivity contribution in [3.05, 3.63) is 46.1 Å². The van der Waals surface area contributed by atoms with Gasteiger partial charge in [0.05, 0.1) is 12.6 Å². The van der Waals surface area contributed by atoms with Crippen molar-refractivity contribution in [2.45, 2.75) is 32.2 Å². The van der Waals surface area contributed by atoms with Crippen LogP contribution in [0.25, 0.3) is 0 Å². The van der Waals surface area contributed by atoms with Crippen molar-refractivity contribution in [2.24, 2.45) is 0 Å². The van der Waals surface area contributed by atoms with Gasteiger partial charge in [-0.2, -0.15) is 0 Å². The van der Waals surface area contributed by atoms with Gasteiger partial charge < -0.3 is 10.1 Å². The Morgan fingerprint density at radius 1 is 1.33 bits per heavy atom. The zero-order valence-electron chi connectivity index (χ0n) is 10.8. The smallest absolute Gasteiger partial charge is 0.113 e. The first-order valence-electron chi connectivity index (χ1n) is 6.63. The predicted octanol–water partition coefficient (Wildman–Crippen LogP) is 4.18. The molecule has 18 heavy (non-hydrogen) atoms. The largest absolute Gasteiger partial charge is 0.496 e. The van der Waals surface area contributed by atoms with E-state index in [0.29, 0.717) is 0 Å². The highest BCUT2D eigenvalue weighted by Gasteiger charge is 2.19. The predicted molar refractivity (Wildman–Crippen MR) is 78.4 cm³/mol. The highest BCUT2D eigenvalue weighted by atomic mass is 79.9. The Kier molecular flexibility index (Phi) is 5.26. The van der Waals surface area contributed by atoms with E-state index >= 15 is 0 Å². The van der Waals surface area contributed by atoms with Gasteiger partial charge >= 0.3 is 0 Å². The molecule has 1 aromatic carbocycles. The molecule has 0 bridgehead atoms. The second kappa shape index (κ2) is 6.95. The molecule has 0 amide bonds. The van der Waals surface area contributed by atoms with Crippen LogP contribution < -0.4 is 5.32 Å². The molecule has 0 saturated heterocycles. The minimum atomic E-state index is 0.193. The van der Waals surface area contributed by atoms with Gasteiger partial charge in [-0.3, -0.25) is 0 Å². The molecule has 0 fully saturated rings. The average molecular weight is 310 g/mol. The van der Waals surface area contributed by atoms with Crippen LogP contribution in [0.1, 0.15) is 37.8 Å². The SMILES string of the molecule is CCCNC(C1=CCCCO1)c1ccc(Br)cc1. The molecule has 3 heteroatoms. The standard InChI is InChI=1S/C15H20BrNO/c1-2-10-17-15(14-5-3-4-11-18-14)12-6-8-13(16)9-7-12/h5-9,15,17H,2-4,10-11H2,1H3. The van der Waals surface area contributed by atoms with E-state index in [-0.39, 0.29) is 6.04 Å². The van der Waals surface area contributed by atoms with E-state index in [0.717, 1.165) is 42.6 Å². The van der Waals surface area contributed by atoms with Crippen molar-refractivity contribution >= 4 is 15.9 Å². The normalized spacial score (nSPS) is 16.9. The molecule has 0 saturated carbocycles. The van der Waals surface area contributed by atoms with E-state index in [9.17, 15) is 0 Å². The molecule has 1 atom stereocenters. The first-order chi connectivity index (χ1) is 8.81. The zero-order valence-corrected chi connectivity index (χ0v) is 12.4. The Hall–Kier alpha value is -0.800. The number of allylic oxidation sites excluding steroid dienone is 1. The molecule has 1 aliphatic rings. The van der Waals surface area contributed by atoms with Gasteiger partial charge in [0.25, 0.3) is 0 Å². The van der Waals surface area contributed by atoms with Crippen LogP contribution >= 0.6 is 15.9 Å². The summed E-state index contributed by atoms with van der Waals surface area (Å²) in [7, 11) is 0. The summed E-state index contributed by atoms with van der Waals surface area (Å²) < 4.78 is 6.92. The lowest BCUT2D eigenvalue weighted by Gasteiger charge is -2.25. The van der Waals surface area contributed by atoms with Crippen LogP contribution in [0.5, 0.6) is 0 Å². The van der Waals surface area contributed by atoms with Crippen molar-refractivity contribution in [1.29, 1.82) is 0 Å². The first-order valence-corrected chi connectivity index (χ1v) is 7.42. The van der Waals surface area contributed by atoms with Crippen LogP contribution in [-0.4, -0.2) is 13.2 Å². The molecular formula is C15H20BrNO. The van der Waals surface area contributed by atoms with Crippen molar-refractivity contribution in [3.63, 3.8) is 0 Å². The summed E-state index contributed by atoms with van der Waals surface area (Å²) in [6.45, 7) is 4.02. The second-order valence-electron chi connectivity index (χ2n) is 4.54. The van der Waals surface area contributed by atoms with E-state index in [1.165, 1.54) is 5.56 Å². The molecular weight excluding hydrogens is 290 g/mol. The van der Waals surface area contributed by atoms with E-state index in [4.69, 9.17) is 4.74 Å². The molecule has 2 nitrogen and oxygen atoms in total. The van der Waals surface area contributed by atoms with Gasteiger partial charge in [0.15, 0.2) is 0 Å². The molecule has 0 radical (unpaired) electrons. The maximum Gasteiger partial charge on any atom is 0.113 e. The number of rotatable bonds is 5. The molecule has 0 aromatic heterocycles. The third-order valence-corrected chi connectivity index (χ3v) is 3.58. The third-order valence-electron chi connectivity index (χ3n) is 3.05. The molecule has 0 spiro atoms. The summed E-state index contributed by atoms with van der Waals surface area (Å²) in [5.74, 6) is 1.08. The van der Waals surface area contributed by atoms with E-state index < -0.39 is 0 Å². The molecule has 0 aliphatic carbocycles. The minimum absolute atomic E-state index is 0.193. The quantitative estimate of drug-likeness (QED) is 0.881. The van der Waals surface area contributed by atoms with Gasteiger partial charge in [-0.15, -0.1) is 0 Å². The molecule has 1 aromatic rings. The van der Waals surface area contributed by atoms with Gasteiger partial charge in [0.1, 0.15) is 5.76 Å². The fourth-order valence-electron chi connectivity index (χ4n) is 2.10. The number of hydrogen-bond acceptors (Lipinski definition) is 2. The van der Waals surface area contributed by atoms with Crippen molar-refractivity contribution in [2.75, 3.05) is 13.2 Å². The fraction of sp³-hybridized carbons (Fsp3) is 0.467. The van der Waals surface area contributed by atoms with Gasteiger partial charge in [-0.1, -0.05) is 35.0 Å². The molecule has 2 rings (SSSR count). The summed E-state index contributed by atoms with van der Waals surface area (Å²) in [5, 5.41) is 3.57. The molecule has 1 N–H and O–H groups in total. The van der Waals surface area contributed by atoms with Crippen LogP contribution in [0.15, 0.2) is 40.6 Å². The number of halogens is 1. The Bertz CT molecular complexity index is 399. The monoisotopic (exact) mass is 309 g/mol. The second-order valence-corrected chi connectivity index (χ2v) is 5.45. The number of nitrogens with one attached hydrogen (secondary N) is 1. The van der Waals surface area contributed by atoms with E-state index in [1.54, 1.807) is 0 Å². The summed E-state index contributed by atoms with van der Waals surface area (Å²) in [5.41, 5.74) is 1.26. The fourth-order valence-corrected chi connectivity index (χ4v) is 2.37. The molecule has 98 valence electrons. The van der Waals surface area contributed by atoms with Gasteiger partial charge in [-0.05, 0) is 49.6 Å². The van der Waals surface area contributed by atoms with Crippen molar-refractivity contribution < 1.29 is 4.74 Å². The lowest BCUT2D eigenvalue weighted by atomic mass is 10.0. The van der Waals surface area contributed by atoms with Crippen molar-refractivity contribution in [3.8, 4) is 0 Å². The minimum Gasteiger partial charge on any atom is -0.496 e. The van der Waals surface area contributed by atoms with Crippen LogP contribution in [0.4, 0.5) is 0 Å². The summed E-state index contributed by atoms with van der Waals surface area (Å²) in [6.07, 6.45) is 5.60. The Morgan fingerprint density at radius 2 is 2.11 bits per heavy atom. The first kappa shape index (κ1) is 13.6. The topological polar surface area (TPSA) is 21.3 Å². The summed E-state index contributed by atoms with van der Waals surface area (Å²) in [4.78, 5) is 0. The Balaban J connectivity index is 2.18. The van der Waals surface area contributed by atoms with Crippen LogP contribution in [0, 0.1) is 0 Å². The number of benzene rings is 1. The Morgan fingerprint density at radius 3 is 2.72 bits per heavy atom. The van der Waals surface area contributed by atoms with Gasteiger partial charge in [0.2, 0.25) is 0 Å². The lowest BCUT2D eigenvalue weighted by molar-refractivity contribution is 0.167. The van der Waals surface area contributed by atoms with E-state index in [1.807, 2.05) is 0 Å². The summed E-state index contributed by atoms with van der Waals surface area (Å²) >= 11 is 3.48.